The van der Waals surface area contributed by atoms with Crippen molar-refractivity contribution in [1.82, 2.24) is 14.9 Å². The molecular weight excluding hydrogens is 327 g/mol. The number of nitrogens with zero attached hydrogens (tertiary/aromatic N) is 3. The van der Waals surface area contributed by atoms with E-state index in [1.807, 2.05) is 37.3 Å². The maximum absolute atomic E-state index is 13.2. The van der Waals surface area contributed by atoms with Crippen molar-refractivity contribution in [2.45, 2.75) is 17.8 Å². The second-order valence-corrected chi connectivity index (χ2v) is 6.00. The second kappa shape index (κ2) is 7.35. The molecule has 0 aliphatic carbocycles. The van der Waals surface area contributed by atoms with E-state index in [4.69, 9.17) is 10.6 Å². The molecule has 0 aliphatic heterocycles. The van der Waals surface area contributed by atoms with Crippen molar-refractivity contribution in [3.63, 3.8) is 0 Å². The molecule has 0 spiro atoms. The number of rotatable bonds is 6. The summed E-state index contributed by atoms with van der Waals surface area (Å²) in [5, 5.41) is 8.84. The summed E-state index contributed by atoms with van der Waals surface area (Å²) >= 11 is 1.41. The van der Waals surface area contributed by atoms with Crippen LogP contribution in [0.5, 0.6) is 5.75 Å². The minimum Gasteiger partial charge on any atom is -0.494 e. The maximum Gasteiger partial charge on any atom is 0.210 e. The molecular formula is C17H17FN4OS. The summed E-state index contributed by atoms with van der Waals surface area (Å²) in [4.78, 5) is 0. The van der Waals surface area contributed by atoms with Gasteiger partial charge in [-0.1, -0.05) is 36.0 Å². The molecule has 2 N–H and O–H groups in total. The molecule has 0 fully saturated rings. The lowest BCUT2D eigenvalue weighted by Gasteiger charge is -2.06. The Morgan fingerprint density at radius 2 is 2.00 bits per heavy atom. The maximum atomic E-state index is 13.2. The fourth-order valence-corrected chi connectivity index (χ4v) is 3.04. The molecule has 0 unspecified atom stereocenters. The van der Waals surface area contributed by atoms with Crippen molar-refractivity contribution < 1.29 is 9.13 Å². The monoisotopic (exact) mass is 344 g/mol. The van der Waals surface area contributed by atoms with E-state index in [9.17, 15) is 4.39 Å². The van der Waals surface area contributed by atoms with Gasteiger partial charge in [0.05, 0.1) is 6.61 Å². The molecule has 1 aromatic heterocycles. The van der Waals surface area contributed by atoms with Gasteiger partial charge in [-0.2, -0.15) is 0 Å². The number of hydrogen-bond donors (Lipinski definition) is 1. The van der Waals surface area contributed by atoms with Crippen LogP contribution >= 0.6 is 11.8 Å². The van der Waals surface area contributed by atoms with Gasteiger partial charge in [-0.3, -0.25) is 0 Å². The number of thioether (sulfide) groups is 1. The van der Waals surface area contributed by atoms with E-state index in [0.717, 1.165) is 16.9 Å². The molecule has 2 aromatic carbocycles. The van der Waals surface area contributed by atoms with E-state index in [1.165, 1.54) is 28.6 Å². The van der Waals surface area contributed by atoms with Crippen LogP contribution in [0.25, 0.3) is 11.4 Å². The highest BCUT2D eigenvalue weighted by atomic mass is 32.2. The van der Waals surface area contributed by atoms with Gasteiger partial charge in [0, 0.05) is 11.3 Å². The first-order chi connectivity index (χ1) is 11.7. The first kappa shape index (κ1) is 16.3. The number of benzene rings is 2. The molecule has 0 saturated carbocycles. The quantitative estimate of drug-likeness (QED) is 0.548. The van der Waals surface area contributed by atoms with Crippen LogP contribution < -0.4 is 10.6 Å². The molecule has 3 aromatic rings. The van der Waals surface area contributed by atoms with Crippen LogP contribution in [0.1, 0.15) is 12.5 Å². The van der Waals surface area contributed by atoms with Gasteiger partial charge in [-0.15, -0.1) is 10.2 Å². The van der Waals surface area contributed by atoms with Gasteiger partial charge in [0.2, 0.25) is 5.16 Å². The summed E-state index contributed by atoms with van der Waals surface area (Å²) in [6, 6.07) is 14.0. The first-order valence-corrected chi connectivity index (χ1v) is 8.47. The zero-order chi connectivity index (χ0) is 16.9. The first-order valence-electron chi connectivity index (χ1n) is 7.48. The zero-order valence-corrected chi connectivity index (χ0v) is 14.0. The van der Waals surface area contributed by atoms with Crippen molar-refractivity contribution in [3.05, 3.63) is 59.9 Å². The van der Waals surface area contributed by atoms with Crippen LogP contribution in [0, 0.1) is 5.82 Å². The summed E-state index contributed by atoms with van der Waals surface area (Å²) in [7, 11) is 0. The molecule has 0 atom stereocenters. The molecule has 0 amide bonds. The van der Waals surface area contributed by atoms with Crippen molar-refractivity contribution in [1.29, 1.82) is 0 Å². The lowest BCUT2D eigenvalue weighted by molar-refractivity contribution is 0.340. The van der Waals surface area contributed by atoms with Crippen LogP contribution in [-0.2, 0) is 5.75 Å². The predicted octanol–water partition coefficient (Wildman–Crippen LogP) is 3.49. The van der Waals surface area contributed by atoms with E-state index in [1.54, 1.807) is 6.07 Å². The fourth-order valence-electron chi connectivity index (χ4n) is 2.24. The summed E-state index contributed by atoms with van der Waals surface area (Å²) in [5.41, 5.74) is 1.69. The third kappa shape index (κ3) is 3.68. The zero-order valence-electron chi connectivity index (χ0n) is 13.1. The van der Waals surface area contributed by atoms with E-state index in [2.05, 4.69) is 10.2 Å². The van der Waals surface area contributed by atoms with E-state index in [-0.39, 0.29) is 5.82 Å². The van der Waals surface area contributed by atoms with Crippen LogP contribution in [0.4, 0.5) is 4.39 Å². The summed E-state index contributed by atoms with van der Waals surface area (Å²) in [5.74, 6) is 7.73. The second-order valence-electron chi connectivity index (χ2n) is 5.06. The molecule has 0 radical (unpaired) electrons. The minimum atomic E-state index is -0.254. The SMILES string of the molecule is CCOc1cccc(-c2nnc(SCc3cccc(F)c3)n2N)c1. The third-order valence-corrected chi connectivity index (χ3v) is 4.34. The van der Waals surface area contributed by atoms with Gasteiger partial charge in [-0.25, -0.2) is 9.07 Å². The summed E-state index contributed by atoms with van der Waals surface area (Å²) in [6.45, 7) is 2.52. The molecule has 0 saturated heterocycles. The van der Waals surface area contributed by atoms with Crippen molar-refractivity contribution in [3.8, 4) is 17.1 Å². The normalized spacial score (nSPS) is 10.8. The highest BCUT2D eigenvalue weighted by Crippen LogP contribution is 2.26. The Kier molecular flexibility index (Phi) is 5.00. The highest BCUT2D eigenvalue weighted by Gasteiger charge is 2.13. The molecule has 124 valence electrons. The van der Waals surface area contributed by atoms with Gasteiger partial charge in [-0.05, 0) is 36.8 Å². The Hall–Kier alpha value is -2.54. The minimum absolute atomic E-state index is 0.254. The number of nitrogens with two attached hydrogens (primary N) is 1. The van der Waals surface area contributed by atoms with Gasteiger partial charge in [0.25, 0.3) is 0 Å². The van der Waals surface area contributed by atoms with Crippen LogP contribution in [0.3, 0.4) is 0 Å². The number of hydrogen-bond acceptors (Lipinski definition) is 5. The number of ether oxygens (including phenoxy) is 1. The molecule has 7 heteroatoms. The molecule has 0 bridgehead atoms. The van der Waals surface area contributed by atoms with Gasteiger partial charge < -0.3 is 10.6 Å². The van der Waals surface area contributed by atoms with Crippen LogP contribution in [0.15, 0.2) is 53.7 Å². The standard InChI is InChI=1S/C17H17FN4OS/c1-2-23-15-8-4-6-13(10-15)16-20-21-17(22(16)19)24-11-12-5-3-7-14(18)9-12/h3-10H,2,11,19H2,1H3. The molecule has 1 heterocycles. The average molecular weight is 344 g/mol. The lowest BCUT2D eigenvalue weighted by atomic mass is 10.2. The van der Waals surface area contributed by atoms with E-state index in [0.29, 0.717) is 23.3 Å². The molecule has 24 heavy (non-hydrogen) atoms. The van der Waals surface area contributed by atoms with Gasteiger partial charge in [0.1, 0.15) is 11.6 Å². The Labute approximate surface area is 143 Å². The van der Waals surface area contributed by atoms with Crippen LogP contribution in [0.2, 0.25) is 0 Å². The van der Waals surface area contributed by atoms with E-state index >= 15 is 0 Å². The lowest BCUT2D eigenvalue weighted by Crippen LogP contribution is -2.11. The number of nitrogen functional groups attached to an aromatic ring is 1. The van der Waals surface area contributed by atoms with E-state index < -0.39 is 0 Å². The van der Waals surface area contributed by atoms with Gasteiger partial charge in [0.15, 0.2) is 5.82 Å². The Morgan fingerprint density at radius 3 is 2.79 bits per heavy atom. The van der Waals surface area contributed by atoms with Gasteiger partial charge >= 0.3 is 0 Å². The summed E-state index contributed by atoms with van der Waals surface area (Å²) in [6.07, 6.45) is 0. The molecule has 0 aliphatic rings. The molecule has 5 nitrogen and oxygen atoms in total. The molecule has 3 rings (SSSR count). The summed E-state index contributed by atoms with van der Waals surface area (Å²) < 4.78 is 20.2. The number of halogens is 1. The Balaban J connectivity index is 1.77. The third-order valence-electron chi connectivity index (χ3n) is 3.32. The number of aromatic nitrogens is 3. The average Bonchev–Trinajstić information content (AvgIpc) is 2.94. The fraction of sp³-hybridized carbons (Fsp3) is 0.176. The van der Waals surface area contributed by atoms with Crippen molar-refractivity contribution >= 4 is 11.8 Å². The van der Waals surface area contributed by atoms with Crippen LogP contribution in [-0.4, -0.2) is 21.5 Å². The van der Waals surface area contributed by atoms with Crippen molar-refractivity contribution in [2.75, 3.05) is 12.4 Å². The smallest absolute Gasteiger partial charge is 0.210 e. The van der Waals surface area contributed by atoms with Crippen molar-refractivity contribution in [2.24, 2.45) is 0 Å². The Bertz CT molecular complexity index is 837. The highest BCUT2D eigenvalue weighted by molar-refractivity contribution is 7.98. The Morgan fingerprint density at radius 1 is 1.17 bits per heavy atom. The topological polar surface area (TPSA) is 66.0 Å². The predicted molar refractivity (Wildman–Crippen MR) is 92.7 cm³/mol. The largest absolute Gasteiger partial charge is 0.494 e.